The number of rotatable bonds is 11. The molecule has 6 fully saturated rings. The first-order valence-electron chi connectivity index (χ1n) is 17.3. The maximum Gasteiger partial charge on any atom is 0.338 e. The molecule has 5 saturated carbocycles. The number of methoxy groups -OCH3 is 6. The van der Waals surface area contributed by atoms with Gasteiger partial charge >= 0.3 is 11.9 Å². The highest BCUT2D eigenvalue weighted by molar-refractivity contribution is 5.90. The van der Waals surface area contributed by atoms with Crippen molar-refractivity contribution in [3.63, 3.8) is 0 Å². The summed E-state index contributed by atoms with van der Waals surface area (Å²) in [6.45, 7) is 4.99. The molecular formula is C36H51NO12. The number of carbonyl (C=O) groups excluding carboxylic acids is 2. The molecule has 272 valence electrons. The normalized spacial score (nSPS) is 45.9. The number of fused-ring (bicyclic) bond motifs is 2. The van der Waals surface area contributed by atoms with E-state index in [9.17, 15) is 19.8 Å². The zero-order valence-electron chi connectivity index (χ0n) is 29.7. The summed E-state index contributed by atoms with van der Waals surface area (Å²) in [4.78, 5) is 29.8. The maximum atomic E-state index is 14.1. The van der Waals surface area contributed by atoms with Crippen LogP contribution in [0.15, 0.2) is 18.2 Å². The van der Waals surface area contributed by atoms with Crippen LogP contribution in [0.3, 0.4) is 0 Å². The Morgan fingerprint density at radius 2 is 1.67 bits per heavy atom. The van der Waals surface area contributed by atoms with Gasteiger partial charge in [0.05, 0.1) is 50.8 Å². The summed E-state index contributed by atoms with van der Waals surface area (Å²) in [5.74, 6) is -2.07. The summed E-state index contributed by atoms with van der Waals surface area (Å²) >= 11 is 0. The van der Waals surface area contributed by atoms with Crippen LogP contribution in [0.4, 0.5) is 0 Å². The van der Waals surface area contributed by atoms with Gasteiger partial charge in [0.1, 0.15) is 17.3 Å². The minimum atomic E-state index is -1.62. The monoisotopic (exact) mass is 689 g/mol. The number of piperidine rings is 1. The van der Waals surface area contributed by atoms with E-state index in [1.807, 2.05) is 0 Å². The highest BCUT2D eigenvalue weighted by Crippen LogP contribution is 2.80. The highest BCUT2D eigenvalue weighted by atomic mass is 16.6. The number of likely N-dealkylation sites (tertiary alicyclic amines) is 1. The number of ether oxygens (including phenoxy) is 8. The number of aliphatic hydroxyl groups is 2. The van der Waals surface area contributed by atoms with Gasteiger partial charge in [-0.2, -0.15) is 0 Å². The van der Waals surface area contributed by atoms with Crippen molar-refractivity contribution in [3.05, 3.63) is 23.8 Å². The molecule has 1 heterocycles. The van der Waals surface area contributed by atoms with E-state index >= 15 is 0 Å². The van der Waals surface area contributed by atoms with Gasteiger partial charge in [-0.3, -0.25) is 9.69 Å². The molecule has 1 aromatic carbocycles. The second-order valence-electron chi connectivity index (χ2n) is 15.1. The van der Waals surface area contributed by atoms with Gasteiger partial charge in [0.15, 0.2) is 11.5 Å². The van der Waals surface area contributed by atoms with Gasteiger partial charge in [0, 0.05) is 89.4 Å². The Hall–Kier alpha value is -2.52. The number of nitrogens with zero attached hydrogens (tertiary/aromatic N) is 1. The average Bonchev–Trinajstić information content (AvgIpc) is 3.46. The lowest BCUT2D eigenvalue weighted by Gasteiger charge is -2.70. The first kappa shape index (κ1) is 34.9. The Kier molecular flexibility index (Phi) is 8.57. The van der Waals surface area contributed by atoms with Gasteiger partial charge in [-0.25, -0.2) is 4.79 Å². The van der Waals surface area contributed by atoms with Crippen LogP contribution in [0.5, 0.6) is 11.5 Å². The van der Waals surface area contributed by atoms with Gasteiger partial charge in [-0.05, 0) is 37.1 Å². The molecule has 0 aromatic heterocycles. The van der Waals surface area contributed by atoms with Crippen LogP contribution in [0.1, 0.15) is 43.5 Å². The zero-order valence-corrected chi connectivity index (χ0v) is 29.7. The van der Waals surface area contributed by atoms with Crippen LogP contribution >= 0.6 is 0 Å². The van der Waals surface area contributed by atoms with E-state index in [-0.39, 0.29) is 42.9 Å². The van der Waals surface area contributed by atoms with Crippen molar-refractivity contribution in [2.45, 2.75) is 80.9 Å². The van der Waals surface area contributed by atoms with Gasteiger partial charge in [0.2, 0.25) is 0 Å². The van der Waals surface area contributed by atoms with Gasteiger partial charge in [-0.15, -0.1) is 0 Å². The summed E-state index contributed by atoms with van der Waals surface area (Å²) in [6.07, 6.45) is -2.89. The van der Waals surface area contributed by atoms with Crippen LogP contribution in [-0.4, -0.2) is 137 Å². The fourth-order valence-corrected chi connectivity index (χ4v) is 12.6. The van der Waals surface area contributed by atoms with E-state index in [1.165, 1.54) is 28.3 Å². The third-order valence-electron chi connectivity index (χ3n) is 13.7. The summed E-state index contributed by atoms with van der Waals surface area (Å²) in [6, 6.07) is 4.56. The maximum absolute atomic E-state index is 14.1. The third kappa shape index (κ3) is 4.24. The van der Waals surface area contributed by atoms with E-state index in [0.717, 1.165) is 0 Å². The van der Waals surface area contributed by atoms with Crippen molar-refractivity contribution in [2.75, 3.05) is 62.4 Å². The lowest BCUT2D eigenvalue weighted by Crippen LogP contribution is -2.79. The average molecular weight is 690 g/mol. The minimum absolute atomic E-state index is 0.185. The second-order valence-corrected chi connectivity index (χ2v) is 15.1. The first-order chi connectivity index (χ1) is 23.4. The number of carbonyl (C=O) groups is 2. The fraction of sp³-hybridized carbons (Fsp3) is 0.778. The third-order valence-corrected chi connectivity index (χ3v) is 13.7. The molecule has 1 aliphatic heterocycles. The molecule has 0 amide bonds. The van der Waals surface area contributed by atoms with E-state index < -0.39 is 76.3 Å². The predicted octanol–water partition coefficient (Wildman–Crippen LogP) is 1.69. The fourth-order valence-electron chi connectivity index (χ4n) is 12.6. The molecule has 1 aromatic rings. The Morgan fingerprint density at radius 1 is 0.959 bits per heavy atom. The van der Waals surface area contributed by atoms with Gasteiger partial charge in [0.25, 0.3) is 0 Å². The smallest absolute Gasteiger partial charge is 0.338 e. The van der Waals surface area contributed by atoms with Crippen molar-refractivity contribution in [1.82, 2.24) is 4.90 Å². The summed E-state index contributed by atoms with van der Waals surface area (Å²) < 4.78 is 48.9. The standard InChI is InChI=1S/C36H51NO12/c1-9-37-16-33(17-42-3)23(39)13-24(45-6)36-20-14-34(41)25(46-7)15-35(49-18(2)38,27(30(36)37)28(47-8)29(33)36)26(20)31(34)48-32(40)19-10-11-21(43-4)22(12-19)44-5/h10-12,20,23-31,39,41H,9,13-17H2,1-8H3/t20-,23-,24+,25+,26-,27+,28-,29-,30-,31-,33+,34+,35+,36+/m1/s1. The molecule has 7 rings (SSSR count). The minimum Gasteiger partial charge on any atom is -0.493 e. The van der Waals surface area contributed by atoms with E-state index in [4.69, 9.17) is 37.9 Å². The summed E-state index contributed by atoms with van der Waals surface area (Å²) in [5.41, 5.74) is -4.09. The molecule has 7 bridgehead atoms. The molecule has 1 saturated heterocycles. The molecule has 2 N–H and O–H groups in total. The van der Waals surface area contributed by atoms with Crippen molar-refractivity contribution in [1.29, 1.82) is 0 Å². The topological polar surface area (TPSA) is 152 Å². The molecule has 13 heteroatoms. The van der Waals surface area contributed by atoms with Crippen molar-refractivity contribution in [3.8, 4) is 11.5 Å². The van der Waals surface area contributed by atoms with E-state index in [2.05, 4.69) is 11.8 Å². The Balaban J connectivity index is 1.46. The van der Waals surface area contributed by atoms with Gasteiger partial charge in [-0.1, -0.05) is 6.92 Å². The van der Waals surface area contributed by atoms with Crippen LogP contribution in [0.25, 0.3) is 0 Å². The lowest BCUT2D eigenvalue weighted by molar-refractivity contribution is -0.300. The quantitative estimate of drug-likeness (QED) is 0.325. The Morgan fingerprint density at radius 3 is 2.27 bits per heavy atom. The van der Waals surface area contributed by atoms with Crippen LogP contribution in [0.2, 0.25) is 0 Å². The molecule has 1 spiro atoms. The molecule has 0 unspecified atom stereocenters. The van der Waals surface area contributed by atoms with Crippen molar-refractivity contribution in [2.24, 2.45) is 34.5 Å². The van der Waals surface area contributed by atoms with E-state index in [0.29, 0.717) is 31.0 Å². The number of aliphatic hydroxyl groups excluding tert-OH is 1. The molecule has 6 aliphatic rings. The lowest BCUT2D eigenvalue weighted by atomic mass is 9.42. The van der Waals surface area contributed by atoms with Crippen molar-refractivity contribution < 1.29 is 57.7 Å². The number of hydrogen-bond acceptors (Lipinski definition) is 13. The Bertz CT molecular complexity index is 1480. The predicted molar refractivity (Wildman–Crippen MR) is 172 cm³/mol. The molecule has 13 nitrogen and oxygen atoms in total. The van der Waals surface area contributed by atoms with E-state index in [1.54, 1.807) is 39.5 Å². The summed E-state index contributed by atoms with van der Waals surface area (Å²) in [7, 11) is 9.53. The van der Waals surface area contributed by atoms with Crippen LogP contribution in [0, 0.1) is 34.5 Å². The largest absolute Gasteiger partial charge is 0.493 e. The number of benzene rings is 1. The highest BCUT2D eigenvalue weighted by Gasteiger charge is 2.90. The first-order valence-corrected chi connectivity index (χ1v) is 17.3. The van der Waals surface area contributed by atoms with Crippen molar-refractivity contribution >= 4 is 11.9 Å². The molecule has 5 aliphatic carbocycles. The van der Waals surface area contributed by atoms with Crippen LogP contribution < -0.4 is 9.47 Å². The zero-order chi connectivity index (χ0) is 35.3. The molecular weight excluding hydrogens is 638 g/mol. The SMILES string of the molecule is CCN1C[C@]2(COC)[C@H](O)C[C@H](OC)[C@@]34[C@@H]5C[C@]6(O)[C@@H](OC)C[C@](OC(C)=O)([C@H]5[C@H]6OC(=O)c5ccc(OC)c(OC)c5)[C@@H]([C@@H](OC)[C@H]23)[C@@H]14. The molecule has 14 atom stereocenters. The van der Waals surface area contributed by atoms with Gasteiger partial charge < -0.3 is 48.1 Å². The number of hydrogen-bond donors (Lipinski definition) is 2. The molecule has 49 heavy (non-hydrogen) atoms. The summed E-state index contributed by atoms with van der Waals surface area (Å²) in [5, 5.41) is 24.9. The molecule has 0 radical (unpaired) electrons. The Labute approximate surface area is 287 Å². The second kappa shape index (κ2) is 12.0. The van der Waals surface area contributed by atoms with Crippen LogP contribution in [-0.2, 0) is 33.2 Å². The number of esters is 2.